The van der Waals surface area contributed by atoms with Crippen molar-refractivity contribution in [1.29, 1.82) is 0 Å². The molecule has 0 aliphatic heterocycles. The van der Waals surface area contributed by atoms with Crippen LogP contribution >= 0.6 is 0 Å². The zero-order valence-corrected chi connectivity index (χ0v) is 12.7. The molecule has 112 valence electrons. The summed E-state index contributed by atoms with van der Waals surface area (Å²) in [5.41, 5.74) is 2.00. The summed E-state index contributed by atoms with van der Waals surface area (Å²) in [6.07, 6.45) is 0.906. The van der Waals surface area contributed by atoms with Crippen LogP contribution in [0.25, 0.3) is 11.3 Å². The quantitative estimate of drug-likeness (QED) is 0.828. The Balaban J connectivity index is 2.09. The van der Waals surface area contributed by atoms with Gasteiger partial charge in [0.25, 0.3) is 5.91 Å². The van der Waals surface area contributed by atoms with E-state index in [1.165, 1.54) is 0 Å². The summed E-state index contributed by atoms with van der Waals surface area (Å²) in [5.74, 6) is 0.408. The molecule has 0 saturated carbocycles. The maximum atomic E-state index is 12.3. The lowest BCUT2D eigenvalue weighted by Gasteiger charge is -2.10. The SMILES string of the molecule is Cc1onc(-c2ccccc2)c1C(=O)NCCCN(C)C. The highest BCUT2D eigenvalue weighted by Crippen LogP contribution is 2.24. The first-order chi connectivity index (χ1) is 10.1. The smallest absolute Gasteiger partial charge is 0.257 e. The van der Waals surface area contributed by atoms with Crippen LogP contribution < -0.4 is 5.32 Å². The molecule has 0 atom stereocenters. The molecule has 1 aromatic heterocycles. The summed E-state index contributed by atoms with van der Waals surface area (Å²) < 4.78 is 5.20. The van der Waals surface area contributed by atoms with Gasteiger partial charge < -0.3 is 14.7 Å². The number of amides is 1. The topological polar surface area (TPSA) is 58.4 Å². The van der Waals surface area contributed by atoms with Crippen LogP contribution in [0.15, 0.2) is 34.9 Å². The molecule has 2 aromatic rings. The third-order valence-corrected chi connectivity index (χ3v) is 3.20. The third kappa shape index (κ3) is 3.92. The molecule has 0 saturated heterocycles. The maximum Gasteiger partial charge on any atom is 0.257 e. The monoisotopic (exact) mass is 287 g/mol. The standard InChI is InChI=1S/C16H21N3O2/c1-12-14(16(20)17-10-7-11-19(2)3)15(18-21-12)13-8-5-4-6-9-13/h4-6,8-9H,7,10-11H2,1-3H3,(H,17,20). The van der Waals surface area contributed by atoms with Gasteiger partial charge in [-0.25, -0.2) is 0 Å². The van der Waals surface area contributed by atoms with Crippen LogP contribution in [0.1, 0.15) is 22.5 Å². The number of hydrogen-bond acceptors (Lipinski definition) is 4. The molecular weight excluding hydrogens is 266 g/mol. The van der Waals surface area contributed by atoms with Crippen LogP contribution in [0.2, 0.25) is 0 Å². The Morgan fingerprint density at radius 3 is 2.67 bits per heavy atom. The summed E-state index contributed by atoms with van der Waals surface area (Å²) >= 11 is 0. The fourth-order valence-corrected chi connectivity index (χ4v) is 2.12. The number of benzene rings is 1. The zero-order valence-electron chi connectivity index (χ0n) is 12.7. The van der Waals surface area contributed by atoms with E-state index in [-0.39, 0.29) is 5.91 Å². The first-order valence-electron chi connectivity index (χ1n) is 7.04. The Hall–Kier alpha value is -2.14. The second-order valence-corrected chi connectivity index (χ2v) is 5.24. The van der Waals surface area contributed by atoms with E-state index in [0.29, 0.717) is 23.6 Å². The summed E-state index contributed by atoms with van der Waals surface area (Å²) in [7, 11) is 4.03. The lowest BCUT2D eigenvalue weighted by atomic mass is 10.1. The Morgan fingerprint density at radius 2 is 2.00 bits per heavy atom. The van der Waals surface area contributed by atoms with Crippen molar-refractivity contribution in [1.82, 2.24) is 15.4 Å². The lowest BCUT2D eigenvalue weighted by Crippen LogP contribution is -2.27. The van der Waals surface area contributed by atoms with E-state index < -0.39 is 0 Å². The average molecular weight is 287 g/mol. The van der Waals surface area contributed by atoms with Gasteiger partial charge in [0.2, 0.25) is 0 Å². The lowest BCUT2D eigenvalue weighted by molar-refractivity contribution is 0.0951. The van der Waals surface area contributed by atoms with Crippen LogP contribution in [0.3, 0.4) is 0 Å². The Bertz CT molecular complexity index is 591. The van der Waals surface area contributed by atoms with Crippen molar-refractivity contribution in [2.75, 3.05) is 27.2 Å². The molecule has 0 unspecified atom stereocenters. The predicted octanol–water partition coefficient (Wildman–Crippen LogP) is 2.33. The fourth-order valence-electron chi connectivity index (χ4n) is 2.12. The number of carbonyl (C=O) groups is 1. The molecule has 0 aliphatic rings. The summed E-state index contributed by atoms with van der Waals surface area (Å²) in [5, 5.41) is 6.95. The van der Waals surface area contributed by atoms with Crippen molar-refractivity contribution in [3.05, 3.63) is 41.7 Å². The molecular formula is C16H21N3O2. The first kappa shape index (κ1) is 15.3. The molecule has 0 radical (unpaired) electrons. The molecule has 0 fully saturated rings. The number of aryl methyl sites for hydroxylation is 1. The molecule has 2 rings (SSSR count). The van der Waals surface area contributed by atoms with Crippen molar-refractivity contribution in [2.24, 2.45) is 0 Å². The van der Waals surface area contributed by atoms with E-state index in [2.05, 4.69) is 15.4 Å². The number of rotatable bonds is 6. The Kier molecular flexibility index (Phi) is 5.11. The van der Waals surface area contributed by atoms with Crippen LogP contribution in [-0.2, 0) is 0 Å². The number of aromatic nitrogens is 1. The molecule has 1 heterocycles. The highest BCUT2D eigenvalue weighted by Gasteiger charge is 2.20. The molecule has 0 aliphatic carbocycles. The largest absolute Gasteiger partial charge is 0.360 e. The van der Waals surface area contributed by atoms with Gasteiger partial charge in [-0.05, 0) is 34.0 Å². The Labute approximate surface area is 124 Å². The maximum absolute atomic E-state index is 12.3. The van der Waals surface area contributed by atoms with Crippen LogP contribution in [0, 0.1) is 6.92 Å². The summed E-state index contributed by atoms with van der Waals surface area (Å²) in [6, 6.07) is 9.59. The Morgan fingerprint density at radius 1 is 1.29 bits per heavy atom. The number of carbonyl (C=O) groups excluding carboxylic acids is 1. The van der Waals surface area contributed by atoms with Crippen LogP contribution in [-0.4, -0.2) is 43.1 Å². The molecule has 0 spiro atoms. The minimum absolute atomic E-state index is 0.133. The second kappa shape index (κ2) is 7.04. The van der Waals surface area contributed by atoms with Crippen molar-refractivity contribution in [2.45, 2.75) is 13.3 Å². The van der Waals surface area contributed by atoms with E-state index in [1.807, 2.05) is 44.4 Å². The molecule has 1 aromatic carbocycles. The van der Waals surface area contributed by atoms with Crippen molar-refractivity contribution in [3.63, 3.8) is 0 Å². The fraction of sp³-hybridized carbons (Fsp3) is 0.375. The number of nitrogens with zero attached hydrogens (tertiary/aromatic N) is 2. The molecule has 5 heteroatoms. The van der Waals surface area contributed by atoms with E-state index in [0.717, 1.165) is 18.5 Å². The van der Waals surface area contributed by atoms with Crippen LogP contribution in [0.4, 0.5) is 0 Å². The highest BCUT2D eigenvalue weighted by molar-refractivity contribution is 6.00. The summed E-state index contributed by atoms with van der Waals surface area (Å²) in [6.45, 7) is 3.33. The molecule has 21 heavy (non-hydrogen) atoms. The number of nitrogens with one attached hydrogen (secondary N) is 1. The zero-order chi connectivity index (χ0) is 15.2. The van der Waals surface area contributed by atoms with Crippen LogP contribution in [0.5, 0.6) is 0 Å². The third-order valence-electron chi connectivity index (χ3n) is 3.20. The van der Waals surface area contributed by atoms with Gasteiger partial charge in [-0.2, -0.15) is 0 Å². The second-order valence-electron chi connectivity index (χ2n) is 5.24. The molecule has 0 bridgehead atoms. The van der Waals surface area contributed by atoms with Gasteiger partial charge in [0.05, 0.1) is 0 Å². The number of hydrogen-bond donors (Lipinski definition) is 1. The predicted molar refractivity (Wildman–Crippen MR) is 82.2 cm³/mol. The van der Waals surface area contributed by atoms with E-state index in [4.69, 9.17) is 4.52 Å². The minimum Gasteiger partial charge on any atom is -0.360 e. The van der Waals surface area contributed by atoms with Gasteiger partial charge in [0.15, 0.2) is 0 Å². The van der Waals surface area contributed by atoms with Crippen molar-refractivity contribution >= 4 is 5.91 Å². The molecule has 1 N–H and O–H groups in total. The average Bonchev–Trinajstić information content (AvgIpc) is 2.86. The van der Waals surface area contributed by atoms with Gasteiger partial charge in [-0.15, -0.1) is 0 Å². The van der Waals surface area contributed by atoms with Gasteiger partial charge >= 0.3 is 0 Å². The van der Waals surface area contributed by atoms with Gasteiger partial charge in [-0.1, -0.05) is 35.5 Å². The normalized spacial score (nSPS) is 10.9. The van der Waals surface area contributed by atoms with Crippen molar-refractivity contribution in [3.8, 4) is 11.3 Å². The van der Waals surface area contributed by atoms with Gasteiger partial charge in [-0.3, -0.25) is 4.79 Å². The molecule has 5 nitrogen and oxygen atoms in total. The summed E-state index contributed by atoms with van der Waals surface area (Å²) in [4.78, 5) is 14.4. The first-order valence-corrected chi connectivity index (χ1v) is 7.04. The van der Waals surface area contributed by atoms with E-state index in [9.17, 15) is 4.79 Å². The highest BCUT2D eigenvalue weighted by atomic mass is 16.5. The minimum atomic E-state index is -0.133. The van der Waals surface area contributed by atoms with E-state index in [1.54, 1.807) is 6.92 Å². The molecule has 1 amide bonds. The van der Waals surface area contributed by atoms with E-state index >= 15 is 0 Å². The van der Waals surface area contributed by atoms with Crippen molar-refractivity contribution < 1.29 is 9.32 Å². The van der Waals surface area contributed by atoms with Gasteiger partial charge in [0.1, 0.15) is 17.0 Å². The van der Waals surface area contributed by atoms with Gasteiger partial charge in [0, 0.05) is 12.1 Å².